The van der Waals surface area contributed by atoms with Crippen molar-refractivity contribution in [3.05, 3.63) is 59.7 Å². The molecule has 0 saturated carbocycles. The number of nitrogens with one attached hydrogen (secondary N) is 2. The molecule has 5 nitrogen and oxygen atoms in total. The molecule has 2 N–H and O–H groups in total. The van der Waals surface area contributed by atoms with Crippen LogP contribution in [0.2, 0.25) is 0 Å². The van der Waals surface area contributed by atoms with Gasteiger partial charge in [0.25, 0.3) is 5.91 Å². The van der Waals surface area contributed by atoms with Gasteiger partial charge in [0.2, 0.25) is 5.91 Å². The number of anilines is 2. The zero-order valence-electron chi connectivity index (χ0n) is 16.7. The fourth-order valence-corrected chi connectivity index (χ4v) is 3.58. The zero-order chi connectivity index (χ0) is 19.9. The second kappa shape index (κ2) is 9.40. The summed E-state index contributed by atoms with van der Waals surface area (Å²) in [6.07, 6.45) is 3.53. The molecule has 0 spiro atoms. The summed E-state index contributed by atoms with van der Waals surface area (Å²) in [6, 6.07) is 15.5. The van der Waals surface area contributed by atoms with E-state index in [1.54, 1.807) is 6.07 Å². The molecule has 1 fully saturated rings. The lowest BCUT2D eigenvalue weighted by Crippen LogP contribution is -2.29. The summed E-state index contributed by atoms with van der Waals surface area (Å²) >= 11 is 0. The van der Waals surface area contributed by atoms with E-state index >= 15 is 0 Å². The molecule has 148 valence electrons. The maximum atomic E-state index is 13.1. The highest BCUT2D eigenvalue weighted by molar-refractivity contribution is 6.02. The lowest BCUT2D eigenvalue weighted by Gasteiger charge is -2.23. The number of rotatable bonds is 7. The van der Waals surface area contributed by atoms with Gasteiger partial charge in [0.05, 0.1) is 11.6 Å². The van der Waals surface area contributed by atoms with Crippen LogP contribution in [0.15, 0.2) is 48.5 Å². The van der Waals surface area contributed by atoms with E-state index in [0.29, 0.717) is 17.7 Å². The zero-order valence-corrected chi connectivity index (χ0v) is 16.7. The maximum absolute atomic E-state index is 13.1. The molecule has 2 aromatic carbocycles. The molecule has 28 heavy (non-hydrogen) atoms. The van der Waals surface area contributed by atoms with E-state index in [1.165, 1.54) is 0 Å². The summed E-state index contributed by atoms with van der Waals surface area (Å²) < 4.78 is 0. The predicted octanol–water partition coefficient (Wildman–Crippen LogP) is 4.52. The lowest BCUT2D eigenvalue weighted by molar-refractivity contribution is -0.116. The summed E-state index contributed by atoms with van der Waals surface area (Å²) in [5.41, 5.74) is 3.27. The minimum Gasteiger partial charge on any atom is -0.371 e. The predicted molar refractivity (Wildman–Crippen MR) is 114 cm³/mol. The van der Waals surface area contributed by atoms with Gasteiger partial charge in [0.15, 0.2) is 0 Å². The van der Waals surface area contributed by atoms with E-state index in [4.69, 9.17) is 0 Å². The molecule has 0 unspecified atom stereocenters. The Bertz CT molecular complexity index is 814. The first-order valence-electron chi connectivity index (χ1n) is 10.1. The Morgan fingerprint density at radius 3 is 2.46 bits per heavy atom. The molecule has 0 aliphatic carbocycles. The number of hydrogen-bond donors (Lipinski definition) is 2. The van der Waals surface area contributed by atoms with Crippen molar-refractivity contribution in [3.63, 3.8) is 0 Å². The Balaban J connectivity index is 1.84. The quantitative estimate of drug-likeness (QED) is 0.744. The Morgan fingerprint density at radius 1 is 1.07 bits per heavy atom. The molecular weight excluding hydrogens is 350 g/mol. The van der Waals surface area contributed by atoms with E-state index in [-0.39, 0.29) is 17.9 Å². The summed E-state index contributed by atoms with van der Waals surface area (Å²) in [5, 5.41) is 6.01. The Labute approximate surface area is 167 Å². The van der Waals surface area contributed by atoms with Gasteiger partial charge < -0.3 is 15.5 Å². The molecule has 0 radical (unpaired) electrons. The van der Waals surface area contributed by atoms with E-state index < -0.39 is 0 Å². The van der Waals surface area contributed by atoms with E-state index in [9.17, 15) is 9.59 Å². The van der Waals surface area contributed by atoms with Gasteiger partial charge in [-0.05, 0) is 49.9 Å². The van der Waals surface area contributed by atoms with Crippen molar-refractivity contribution in [1.29, 1.82) is 0 Å². The molecule has 1 aliphatic rings. The van der Waals surface area contributed by atoms with Gasteiger partial charge in [-0.25, -0.2) is 0 Å². The fourth-order valence-electron chi connectivity index (χ4n) is 3.58. The van der Waals surface area contributed by atoms with Crippen LogP contribution in [0, 0.1) is 0 Å². The first-order chi connectivity index (χ1) is 13.6. The van der Waals surface area contributed by atoms with E-state index in [2.05, 4.69) is 15.5 Å². The number of amides is 2. The molecule has 1 aliphatic heterocycles. The lowest BCUT2D eigenvalue weighted by atomic mass is 10.1. The molecule has 0 aromatic heterocycles. The van der Waals surface area contributed by atoms with E-state index in [1.807, 2.05) is 56.3 Å². The SMILES string of the molecule is CCCC(=O)Nc1ccc(N2CCCC2)c(C(=O)N[C@@H](C)c2ccccc2)c1. The van der Waals surface area contributed by atoms with Gasteiger partial charge in [-0.2, -0.15) is 0 Å². The van der Waals surface area contributed by atoms with Crippen molar-refractivity contribution in [3.8, 4) is 0 Å². The number of benzene rings is 2. The number of hydrogen-bond acceptors (Lipinski definition) is 3. The van der Waals surface area contributed by atoms with Crippen LogP contribution >= 0.6 is 0 Å². The third-order valence-corrected chi connectivity index (χ3v) is 5.10. The monoisotopic (exact) mass is 379 g/mol. The van der Waals surface area contributed by atoms with Crippen molar-refractivity contribution in [2.75, 3.05) is 23.3 Å². The van der Waals surface area contributed by atoms with Gasteiger partial charge in [0, 0.05) is 30.9 Å². The van der Waals surface area contributed by atoms with Crippen LogP contribution in [0.5, 0.6) is 0 Å². The highest BCUT2D eigenvalue weighted by Crippen LogP contribution is 2.28. The third-order valence-electron chi connectivity index (χ3n) is 5.10. The van der Waals surface area contributed by atoms with Crippen LogP contribution in [0.4, 0.5) is 11.4 Å². The van der Waals surface area contributed by atoms with Crippen molar-refractivity contribution in [1.82, 2.24) is 5.32 Å². The van der Waals surface area contributed by atoms with Crippen molar-refractivity contribution in [2.45, 2.75) is 45.6 Å². The smallest absolute Gasteiger partial charge is 0.253 e. The normalized spacial score (nSPS) is 14.6. The molecule has 2 amide bonds. The van der Waals surface area contributed by atoms with Crippen LogP contribution in [0.1, 0.15) is 61.5 Å². The standard InChI is InChI=1S/C23H29N3O2/c1-3-9-22(27)25-19-12-13-21(26-14-7-8-15-26)20(16-19)23(28)24-17(2)18-10-5-4-6-11-18/h4-6,10-13,16-17H,3,7-9,14-15H2,1-2H3,(H,24,28)(H,25,27)/t17-/m0/s1. The van der Waals surface area contributed by atoms with Gasteiger partial charge in [-0.15, -0.1) is 0 Å². The molecule has 1 atom stereocenters. The maximum Gasteiger partial charge on any atom is 0.253 e. The molecule has 1 heterocycles. The van der Waals surface area contributed by atoms with Crippen LogP contribution in [-0.2, 0) is 4.79 Å². The number of nitrogens with zero attached hydrogens (tertiary/aromatic N) is 1. The minimum atomic E-state index is -0.121. The number of carbonyl (C=O) groups is 2. The van der Waals surface area contributed by atoms with Gasteiger partial charge >= 0.3 is 0 Å². The summed E-state index contributed by atoms with van der Waals surface area (Å²) in [6.45, 7) is 5.86. The first-order valence-corrected chi connectivity index (χ1v) is 10.1. The van der Waals surface area contributed by atoms with Crippen molar-refractivity contribution >= 4 is 23.2 Å². The third kappa shape index (κ3) is 4.91. The molecule has 2 aromatic rings. The Morgan fingerprint density at radius 2 is 1.79 bits per heavy atom. The summed E-state index contributed by atoms with van der Waals surface area (Å²) in [5.74, 6) is -0.148. The fraction of sp³-hybridized carbons (Fsp3) is 0.391. The van der Waals surface area contributed by atoms with Crippen LogP contribution < -0.4 is 15.5 Å². The second-order valence-corrected chi connectivity index (χ2v) is 7.33. The van der Waals surface area contributed by atoms with E-state index in [0.717, 1.165) is 43.6 Å². The average Bonchev–Trinajstić information content (AvgIpc) is 3.23. The molecule has 1 saturated heterocycles. The van der Waals surface area contributed by atoms with Gasteiger partial charge in [-0.3, -0.25) is 9.59 Å². The van der Waals surface area contributed by atoms with Gasteiger partial charge in [-0.1, -0.05) is 37.3 Å². The summed E-state index contributed by atoms with van der Waals surface area (Å²) in [7, 11) is 0. The van der Waals surface area contributed by atoms with Crippen LogP contribution in [0.3, 0.4) is 0 Å². The Kier molecular flexibility index (Phi) is 6.69. The largest absolute Gasteiger partial charge is 0.371 e. The molecule has 5 heteroatoms. The highest BCUT2D eigenvalue weighted by Gasteiger charge is 2.21. The van der Waals surface area contributed by atoms with Gasteiger partial charge in [0.1, 0.15) is 0 Å². The molecule has 0 bridgehead atoms. The van der Waals surface area contributed by atoms with Crippen LogP contribution in [0.25, 0.3) is 0 Å². The number of carbonyl (C=O) groups excluding carboxylic acids is 2. The molecule has 3 rings (SSSR count). The average molecular weight is 380 g/mol. The van der Waals surface area contributed by atoms with Crippen molar-refractivity contribution < 1.29 is 9.59 Å². The Hall–Kier alpha value is -2.82. The first kappa shape index (κ1) is 19.9. The second-order valence-electron chi connectivity index (χ2n) is 7.33. The van der Waals surface area contributed by atoms with Crippen LogP contribution in [-0.4, -0.2) is 24.9 Å². The highest BCUT2D eigenvalue weighted by atomic mass is 16.2. The molecular formula is C23H29N3O2. The summed E-state index contributed by atoms with van der Waals surface area (Å²) in [4.78, 5) is 27.3. The topological polar surface area (TPSA) is 61.4 Å². The van der Waals surface area contributed by atoms with Crippen molar-refractivity contribution in [2.24, 2.45) is 0 Å². The minimum absolute atomic E-state index is 0.0274.